The Morgan fingerprint density at radius 1 is 0.938 bits per heavy atom. The van der Waals surface area contributed by atoms with E-state index < -0.39 is 0 Å². The molecule has 3 aromatic heterocycles. The number of hydrogen-bond acceptors (Lipinski definition) is 5. The van der Waals surface area contributed by atoms with Crippen LogP contribution in [-0.2, 0) is 19.3 Å². The Balaban J connectivity index is 1.51. The van der Waals surface area contributed by atoms with E-state index in [0.717, 1.165) is 35.0 Å². The number of thioether (sulfide) groups is 1. The van der Waals surface area contributed by atoms with Gasteiger partial charge in [0.2, 0.25) is 5.78 Å². The first-order valence-corrected chi connectivity index (χ1v) is 12.1. The standard InChI is InChI=1S/C24H26N6OS/c1-3-4-5-10-15-29-20-14-9-7-12-18(20)25-24(29)32-16-21-26-27-23-28(2)22(31)17-11-6-8-13-19(17)30(21)23/h6-9,11-14H,3-5,10,15-16H2,1-2H3. The van der Waals surface area contributed by atoms with Crippen molar-refractivity contribution in [1.82, 2.24) is 28.7 Å². The van der Waals surface area contributed by atoms with E-state index in [9.17, 15) is 4.79 Å². The topological polar surface area (TPSA) is 70.0 Å². The quantitative estimate of drug-likeness (QED) is 0.253. The summed E-state index contributed by atoms with van der Waals surface area (Å²) in [7, 11) is 1.74. The van der Waals surface area contributed by atoms with Crippen LogP contribution in [0.15, 0.2) is 58.5 Å². The molecule has 3 heterocycles. The Kier molecular flexibility index (Phi) is 5.70. The van der Waals surface area contributed by atoms with Gasteiger partial charge in [0.15, 0.2) is 5.16 Å². The third-order valence-electron chi connectivity index (χ3n) is 5.88. The van der Waals surface area contributed by atoms with Gasteiger partial charge >= 0.3 is 0 Å². The molecule has 8 heteroatoms. The number of fused-ring (bicyclic) bond motifs is 4. The van der Waals surface area contributed by atoms with E-state index in [4.69, 9.17) is 4.98 Å². The van der Waals surface area contributed by atoms with E-state index in [1.807, 2.05) is 34.7 Å². The van der Waals surface area contributed by atoms with Crippen LogP contribution in [0.5, 0.6) is 0 Å². The SMILES string of the molecule is CCCCCCn1c(SCc2nnc3n(C)c(=O)c4ccccc4n23)nc2ccccc21. The number of imidazole rings is 1. The Labute approximate surface area is 190 Å². The molecule has 0 aliphatic rings. The van der Waals surface area contributed by atoms with E-state index >= 15 is 0 Å². The van der Waals surface area contributed by atoms with Crippen LogP contribution in [0.1, 0.15) is 38.4 Å². The van der Waals surface area contributed by atoms with Crippen molar-refractivity contribution in [2.45, 2.75) is 50.1 Å². The van der Waals surface area contributed by atoms with Crippen LogP contribution in [0.25, 0.3) is 27.7 Å². The van der Waals surface area contributed by atoms with Crippen LogP contribution in [0.4, 0.5) is 0 Å². The van der Waals surface area contributed by atoms with Crippen LogP contribution >= 0.6 is 11.8 Å². The zero-order chi connectivity index (χ0) is 22.1. The van der Waals surface area contributed by atoms with E-state index in [0.29, 0.717) is 16.9 Å². The van der Waals surface area contributed by atoms with Crippen molar-refractivity contribution in [2.75, 3.05) is 0 Å². The molecule has 5 aromatic rings. The molecule has 0 bridgehead atoms. The van der Waals surface area contributed by atoms with Gasteiger partial charge < -0.3 is 4.57 Å². The minimum atomic E-state index is -0.0615. The predicted octanol–water partition coefficient (Wildman–Crippen LogP) is 4.80. The number of nitrogens with zero attached hydrogens (tertiary/aromatic N) is 6. The van der Waals surface area contributed by atoms with Gasteiger partial charge in [-0.1, -0.05) is 62.2 Å². The molecule has 5 rings (SSSR count). The van der Waals surface area contributed by atoms with Crippen LogP contribution in [0.2, 0.25) is 0 Å². The first kappa shape index (κ1) is 20.8. The molecule has 0 aliphatic heterocycles. The molecule has 2 aromatic carbocycles. The molecule has 7 nitrogen and oxygen atoms in total. The normalized spacial score (nSPS) is 11.8. The summed E-state index contributed by atoms with van der Waals surface area (Å²) in [5.41, 5.74) is 2.96. The van der Waals surface area contributed by atoms with E-state index in [-0.39, 0.29) is 5.56 Å². The van der Waals surface area contributed by atoms with Gasteiger partial charge in [0.1, 0.15) is 5.82 Å². The molecule has 0 saturated carbocycles. The molecule has 0 fully saturated rings. The van der Waals surface area contributed by atoms with Gasteiger partial charge in [0.25, 0.3) is 5.56 Å². The highest BCUT2D eigenvalue weighted by atomic mass is 32.2. The van der Waals surface area contributed by atoms with Crippen LogP contribution in [0, 0.1) is 0 Å². The summed E-state index contributed by atoms with van der Waals surface area (Å²) in [5, 5.41) is 10.4. The molecule has 0 amide bonds. The lowest BCUT2D eigenvalue weighted by molar-refractivity contribution is 0.563. The van der Waals surface area contributed by atoms with Crippen molar-refractivity contribution in [1.29, 1.82) is 0 Å². The van der Waals surface area contributed by atoms with Gasteiger partial charge in [0.05, 0.1) is 27.7 Å². The maximum atomic E-state index is 12.7. The smallest absolute Gasteiger partial charge is 0.262 e. The maximum Gasteiger partial charge on any atom is 0.262 e. The summed E-state index contributed by atoms with van der Waals surface area (Å²) >= 11 is 1.67. The summed E-state index contributed by atoms with van der Waals surface area (Å²) in [5.74, 6) is 1.97. The van der Waals surface area contributed by atoms with Gasteiger partial charge in [-0.05, 0) is 30.7 Å². The van der Waals surface area contributed by atoms with E-state index in [1.54, 1.807) is 23.4 Å². The highest BCUT2D eigenvalue weighted by molar-refractivity contribution is 7.98. The lowest BCUT2D eigenvalue weighted by Crippen LogP contribution is -2.20. The largest absolute Gasteiger partial charge is 0.319 e. The van der Waals surface area contributed by atoms with Crippen LogP contribution in [-0.4, -0.2) is 28.7 Å². The first-order valence-electron chi connectivity index (χ1n) is 11.1. The fourth-order valence-electron chi connectivity index (χ4n) is 4.19. The van der Waals surface area contributed by atoms with Gasteiger partial charge in [-0.2, -0.15) is 0 Å². The van der Waals surface area contributed by atoms with E-state index in [1.165, 1.54) is 24.8 Å². The highest BCUT2D eigenvalue weighted by Crippen LogP contribution is 2.28. The number of benzene rings is 2. The predicted molar refractivity (Wildman–Crippen MR) is 129 cm³/mol. The zero-order valence-electron chi connectivity index (χ0n) is 18.4. The van der Waals surface area contributed by atoms with Crippen molar-refractivity contribution in [3.05, 3.63) is 64.7 Å². The lowest BCUT2D eigenvalue weighted by Gasteiger charge is -2.09. The molecule has 164 valence electrons. The molecule has 0 saturated heterocycles. The van der Waals surface area contributed by atoms with Gasteiger partial charge in [0, 0.05) is 13.6 Å². The van der Waals surface area contributed by atoms with E-state index in [2.05, 4.69) is 39.9 Å². The molecule has 0 aliphatic carbocycles. The minimum absolute atomic E-state index is 0.0615. The van der Waals surface area contributed by atoms with Crippen molar-refractivity contribution in [3.63, 3.8) is 0 Å². The number of aromatic nitrogens is 6. The summed E-state index contributed by atoms with van der Waals surface area (Å²) in [6.45, 7) is 3.19. The third kappa shape index (κ3) is 3.58. The molecule has 0 atom stereocenters. The van der Waals surface area contributed by atoms with Crippen LogP contribution in [0.3, 0.4) is 0 Å². The van der Waals surface area contributed by atoms with Crippen molar-refractivity contribution >= 4 is 39.5 Å². The molecule has 0 N–H and O–H groups in total. The Hall–Kier alpha value is -3.13. The summed E-state index contributed by atoms with van der Waals surface area (Å²) in [6.07, 6.45) is 4.85. The third-order valence-corrected chi connectivity index (χ3v) is 6.85. The maximum absolute atomic E-state index is 12.7. The Bertz CT molecular complexity index is 1460. The fourth-order valence-corrected chi connectivity index (χ4v) is 5.14. The number of hydrogen-bond donors (Lipinski definition) is 0. The van der Waals surface area contributed by atoms with Gasteiger partial charge in [-0.25, -0.2) is 4.98 Å². The van der Waals surface area contributed by atoms with Gasteiger partial charge in [-0.3, -0.25) is 13.8 Å². The monoisotopic (exact) mass is 446 g/mol. The second-order valence-corrected chi connectivity index (χ2v) is 8.96. The molecule has 0 spiro atoms. The molecule has 0 unspecified atom stereocenters. The zero-order valence-corrected chi connectivity index (χ0v) is 19.2. The second-order valence-electron chi connectivity index (χ2n) is 8.02. The summed E-state index contributed by atoms with van der Waals surface area (Å²) in [4.78, 5) is 17.6. The highest BCUT2D eigenvalue weighted by Gasteiger charge is 2.17. The average molecular weight is 447 g/mol. The number of aryl methyl sites for hydroxylation is 2. The average Bonchev–Trinajstić information content (AvgIpc) is 3.40. The second kappa shape index (κ2) is 8.78. The Morgan fingerprint density at radius 3 is 2.56 bits per heavy atom. The number of rotatable bonds is 8. The van der Waals surface area contributed by atoms with Crippen molar-refractivity contribution in [3.8, 4) is 0 Å². The Morgan fingerprint density at radius 2 is 1.72 bits per heavy atom. The molecular weight excluding hydrogens is 420 g/mol. The molecular formula is C24H26N6OS. The number of para-hydroxylation sites is 3. The number of unbranched alkanes of at least 4 members (excludes halogenated alkanes) is 3. The summed E-state index contributed by atoms with van der Waals surface area (Å²) < 4.78 is 5.87. The molecule has 32 heavy (non-hydrogen) atoms. The van der Waals surface area contributed by atoms with Crippen molar-refractivity contribution < 1.29 is 0 Å². The van der Waals surface area contributed by atoms with Crippen LogP contribution < -0.4 is 5.56 Å². The summed E-state index contributed by atoms with van der Waals surface area (Å²) in [6, 6.07) is 15.9. The minimum Gasteiger partial charge on any atom is -0.319 e. The van der Waals surface area contributed by atoms with Gasteiger partial charge in [-0.15, -0.1) is 10.2 Å². The molecule has 0 radical (unpaired) electrons. The fraction of sp³-hybridized carbons (Fsp3) is 0.333. The first-order chi connectivity index (χ1) is 15.7. The van der Waals surface area contributed by atoms with Crippen molar-refractivity contribution in [2.24, 2.45) is 7.05 Å². The lowest BCUT2D eigenvalue weighted by atomic mass is 10.2.